The van der Waals surface area contributed by atoms with Crippen LogP contribution in [0.4, 0.5) is 5.82 Å². The summed E-state index contributed by atoms with van der Waals surface area (Å²) in [6.45, 7) is 2.06. The molecule has 126 valence electrons. The Labute approximate surface area is 142 Å². The van der Waals surface area contributed by atoms with Gasteiger partial charge in [0, 0.05) is 24.0 Å². The molecule has 0 amide bonds. The van der Waals surface area contributed by atoms with Crippen molar-refractivity contribution in [2.45, 2.75) is 25.7 Å². The summed E-state index contributed by atoms with van der Waals surface area (Å²) < 4.78 is 0. The highest BCUT2D eigenvalue weighted by molar-refractivity contribution is 5.64. The minimum Gasteiger partial charge on any atom is -0.349 e. The molecule has 0 aromatic carbocycles. The van der Waals surface area contributed by atoms with Crippen LogP contribution in [0.5, 0.6) is 0 Å². The maximum atomic E-state index is 11.2. The van der Waals surface area contributed by atoms with Crippen LogP contribution in [-0.2, 0) is 17.6 Å². The summed E-state index contributed by atoms with van der Waals surface area (Å²) >= 11 is 0. The Bertz CT molecular complexity index is 689. The third kappa shape index (κ3) is 3.59. The van der Waals surface area contributed by atoms with E-state index in [1.807, 2.05) is 25.2 Å². The molecule has 0 fully saturated rings. The van der Waals surface area contributed by atoms with E-state index in [9.17, 15) is 4.79 Å². The third-order valence-electron chi connectivity index (χ3n) is 4.25. The highest BCUT2D eigenvalue weighted by Gasteiger charge is 2.23. The van der Waals surface area contributed by atoms with Crippen molar-refractivity contribution in [2.24, 2.45) is 0 Å². The minimum absolute atomic E-state index is 0.356. The van der Waals surface area contributed by atoms with E-state index in [0.717, 1.165) is 62.3 Å². The fraction of sp³-hybridized carbons (Fsp3) is 0.444. The average Bonchev–Trinajstić information content (AvgIpc) is 3.10. The van der Waals surface area contributed by atoms with Gasteiger partial charge in [0.2, 0.25) is 0 Å². The second kappa shape index (κ2) is 7.97. The van der Waals surface area contributed by atoms with Crippen molar-refractivity contribution in [3.63, 3.8) is 0 Å². The lowest BCUT2D eigenvalue weighted by atomic mass is 10.2. The van der Waals surface area contributed by atoms with E-state index in [1.54, 1.807) is 6.20 Å². The topological polar surface area (TPSA) is 71.0 Å². The number of pyridine rings is 1. The Morgan fingerprint density at radius 1 is 1.29 bits per heavy atom. The number of aryl methyl sites for hydroxylation is 1. The molecule has 1 N–H and O–H groups in total. The quantitative estimate of drug-likeness (QED) is 0.588. The van der Waals surface area contributed by atoms with Gasteiger partial charge in [0.1, 0.15) is 17.8 Å². The van der Waals surface area contributed by atoms with Gasteiger partial charge in [-0.15, -0.1) is 0 Å². The van der Waals surface area contributed by atoms with Crippen LogP contribution in [0.2, 0.25) is 0 Å². The van der Waals surface area contributed by atoms with E-state index in [2.05, 4.69) is 15.2 Å². The number of aldehydes is 1. The monoisotopic (exact) mass is 325 g/mol. The van der Waals surface area contributed by atoms with Crippen molar-refractivity contribution in [1.82, 2.24) is 20.3 Å². The first-order valence-corrected chi connectivity index (χ1v) is 8.48. The van der Waals surface area contributed by atoms with Crippen molar-refractivity contribution >= 4 is 12.1 Å². The maximum absolute atomic E-state index is 11.2. The number of fused-ring (bicyclic) bond motifs is 1. The minimum atomic E-state index is 0.356. The summed E-state index contributed by atoms with van der Waals surface area (Å²) in [7, 11) is 1.94. The molecule has 0 aliphatic heterocycles. The lowest BCUT2D eigenvalue weighted by Crippen LogP contribution is -2.30. The summed E-state index contributed by atoms with van der Waals surface area (Å²) in [4.78, 5) is 27.1. The van der Waals surface area contributed by atoms with E-state index >= 15 is 0 Å². The van der Waals surface area contributed by atoms with E-state index in [4.69, 9.17) is 9.97 Å². The first-order chi connectivity index (χ1) is 11.8. The number of anilines is 1. The van der Waals surface area contributed by atoms with Crippen molar-refractivity contribution in [3.05, 3.63) is 35.7 Å². The molecule has 0 unspecified atom stereocenters. The highest BCUT2D eigenvalue weighted by Crippen LogP contribution is 2.30. The van der Waals surface area contributed by atoms with Crippen LogP contribution in [0.15, 0.2) is 24.4 Å². The molecule has 1 aliphatic carbocycles. The predicted molar refractivity (Wildman–Crippen MR) is 94.1 cm³/mol. The number of hydrogen-bond donors (Lipinski definition) is 1. The SMILES string of the molecule is CNCCCN(CC=O)c1nc(-c2ccccn2)nc2c1CCC2. The van der Waals surface area contributed by atoms with Crippen LogP contribution < -0.4 is 10.2 Å². The summed E-state index contributed by atoms with van der Waals surface area (Å²) in [5, 5.41) is 3.15. The summed E-state index contributed by atoms with van der Waals surface area (Å²) in [6, 6.07) is 5.74. The Morgan fingerprint density at radius 3 is 2.96 bits per heavy atom. The second-order valence-corrected chi connectivity index (χ2v) is 5.93. The van der Waals surface area contributed by atoms with Crippen molar-refractivity contribution in [3.8, 4) is 11.5 Å². The standard InChI is InChI=1S/C18H23N5O/c1-19-9-5-11-23(12-13-24)18-14-6-4-8-15(14)21-17(22-18)16-7-2-3-10-20-16/h2-3,7,10,13,19H,4-6,8-9,11-12H2,1H3. The van der Waals surface area contributed by atoms with Crippen molar-refractivity contribution < 1.29 is 4.79 Å². The van der Waals surface area contributed by atoms with Crippen molar-refractivity contribution in [2.75, 3.05) is 31.6 Å². The highest BCUT2D eigenvalue weighted by atomic mass is 16.1. The number of hydrogen-bond acceptors (Lipinski definition) is 6. The maximum Gasteiger partial charge on any atom is 0.180 e. The predicted octanol–water partition coefficient (Wildman–Crippen LogP) is 1.64. The molecular formula is C18H23N5O. The summed E-state index contributed by atoms with van der Waals surface area (Å²) in [6.07, 6.45) is 6.70. The molecule has 0 saturated carbocycles. The van der Waals surface area contributed by atoms with E-state index < -0.39 is 0 Å². The molecule has 6 heteroatoms. The molecular weight excluding hydrogens is 302 g/mol. The molecule has 24 heavy (non-hydrogen) atoms. The molecule has 2 heterocycles. The van der Waals surface area contributed by atoms with Gasteiger partial charge in [-0.25, -0.2) is 9.97 Å². The molecule has 3 rings (SSSR count). The third-order valence-corrected chi connectivity index (χ3v) is 4.25. The Hall–Kier alpha value is -2.34. The van der Waals surface area contributed by atoms with Gasteiger partial charge in [-0.3, -0.25) is 4.98 Å². The fourth-order valence-corrected chi connectivity index (χ4v) is 3.10. The van der Waals surface area contributed by atoms with E-state index in [1.165, 1.54) is 5.56 Å². The molecule has 6 nitrogen and oxygen atoms in total. The molecule has 0 spiro atoms. The normalized spacial score (nSPS) is 12.9. The molecule has 0 saturated heterocycles. The molecule has 0 atom stereocenters. The average molecular weight is 325 g/mol. The van der Waals surface area contributed by atoms with Gasteiger partial charge in [0.15, 0.2) is 5.82 Å². The van der Waals surface area contributed by atoms with Crippen molar-refractivity contribution in [1.29, 1.82) is 0 Å². The van der Waals surface area contributed by atoms with Gasteiger partial charge in [0.05, 0.1) is 6.54 Å². The smallest absolute Gasteiger partial charge is 0.180 e. The van der Waals surface area contributed by atoms with Crippen LogP contribution in [0, 0.1) is 0 Å². The molecule has 0 bridgehead atoms. The molecule has 1 aliphatic rings. The second-order valence-electron chi connectivity index (χ2n) is 5.93. The molecule has 2 aromatic heterocycles. The number of nitrogens with one attached hydrogen (secondary N) is 1. The lowest BCUT2D eigenvalue weighted by Gasteiger charge is -2.24. The zero-order chi connectivity index (χ0) is 16.8. The first kappa shape index (κ1) is 16.5. The Kier molecular flexibility index (Phi) is 5.48. The summed E-state index contributed by atoms with van der Waals surface area (Å²) in [5.74, 6) is 1.55. The van der Waals surface area contributed by atoms with Crippen LogP contribution in [-0.4, -0.2) is 47.9 Å². The Morgan fingerprint density at radius 2 is 2.21 bits per heavy atom. The van der Waals surface area contributed by atoms with Gasteiger partial charge in [0.25, 0.3) is 0 Å². The zero-order valence-corrected chi connectivity index (χ0v) is 14.0. The lowest BCUT2D eigenvalue weighted by molar-refractivity contribution is -0.106. The van der Waals surface area contributed by atoms with Gasteiger partial charge in [-0.2, -0.15) is 0 Å². The van der Waals surface area contributed by atoms with Crippen LogP contribution in [0.3, 0.4) is 0 Å². The van der Waals surface area contributed by atoms with Gasteiger partial charge >= 0.3 is 0 Å². The summed E-state index contributed by atoms with van der Waals surface area (Å²) in [5.41, 5.74) is 3.07. The van der Waals surface area contributed by atoms with Gasteiger partial charge in [-0.05, 0) is 51.4 Å². The number of carbonyl (C=O) groups excluding carboxylic acids is 1. The van der Waals surface area contributed by atoms with Gasteiger partial charge in [-0.1, -0.05) is 6.07 Å². The fourth-order valence-electron chi connectivity index (χ4n) is 3.10. The Balaban J connectivity index is 1.98. The van der Waals surface area contributed by atoms with Crippen LogP contribution in [0.1, 0.15) is 24.1 Å². The zero-order valence-electron chi connectivity index (χ0n) is 14.0. The first-order valence-electron chi connectivity index (χ1n) is 8.48. The van der Waals surface area contributed by atoms with Crippen LogP contribution >= 0.6 is 0 Å². The van der Waals surface area contributed by atoms with Gasteiger partial charge < -0.3 is 15.0 Å². The molecule has 0 radical (unpaired) electrons. The number of rotatable bonds is 8. The number of aromatic nitrogens is 3. The number of carbonyl (C=O) groups is 1. The molecule has 2 aromatic rings. The van der Waals surface area contributed by atoms with E-state index in [0.29, 0.717) is 12.4 Å². The van der Waals surface area contributed by atoms with E-state index in [-0.39, 0.29) is 0 Å². The number of nitrogens with zero attached hydrogens (tertiary/aromatic N) is 4. The largest absolute Gasteiger partial charge is 0.349 e. The van der Waals surface area contributed by atoms with Crippen LogP contribution in [0.25, 0.3) is 11.5 Å².